The molecule has 4 rings (SSSR count). The third kappa shape index (κ3) is 4.65. The van der Waals surface area contributed by atoms with Gasteiger partial charge in [-0.15, -0.1) is 0 Å². The van der Waals surface area contributed by atoms with Crippen LogP contribution in [-0.4, -0.2) is 26.1 Å². The van der Waals surface area contributed by atoms with Gasteiger partial charge in [0.25, 0.3) is 5.91 Å². The Labute approximate surface area is 185 Å². The molecule has 0 aliphatic carbocycles. The predicted octanol–water partition coefficient (Wildman–Crippen LogP) is 3.69. The number of rotatable bonds is 5. The van der Waals surface area contributed by atoms with Crippen molar-refractivity contribution >= 4 is 40.0 Å². The minimum Gasteiger partial charge on any atom is -0.348 e. The zero-order valence-electron chi connectivity index (χ0n) is 16.1. The molecule has 2 atom stereocenters. The fraction of sp³-hybridized carbons (Fsp3) is 0.136. The smallest absolute Gasteiger partial charge is 0.251 e. The average molecular weight is 458 g/mol. The fourth-order valence-corrected chi connectivity index (χ4v) is 4.67. The molecule has 9 heteroatoms. The van der Waals surface area contributed by atoms with E-state index in [0.29, 0.717) is 23.4 Å². The highest BCUT2D eigenvalue weighted by molar-refractivity contribution is 7.88. The Morgan fingerprint density at radius 2 is 1.90 bits per heavy atom. The monoisotopic (exact) mass is 457 g/mol. The largest absolute Gasteiger partial charge is 0.348 e. The number of carbonyl (C=O) groups is 2. The van der Waals surface area contributed by atoms with Crippen LogP contribution in [0.5, 0.6) is 0 Å². The van der Waals surface area contributed by atoms with Crippen molar-refractivity contribution < 1.29 is 18.2 Å². The molecule has 1 amide bonds. The van der Waals surface area contributed by atoms with Crippen molar-refractivity contribution in [3.05, 3.63) is 94.0 Å². The number of benzene rings is 2. The highest BCUT2D eigenvalue weighted by Crippen LogP contribution is 2.29. The second kappa shape index (κ2) is 8.95. The molecule has 2 unspecified atom stereocenters. The molecule has 0 fully saturated rings. The zero-order chi connectivity index (χ0) is 22.0. The van der Waals surface area contributed by atoms with E-state index in [1.54, 1.807) is 36.7 Å². The number of fused-ring (bicyclic) bond motifs is 1. The van der Waals surface area contributed by atoms with E-state index >= 15 is 0 Å². The van der Waals surface area contributed by atoms with Gasteiger partial charge in [-0.2, -0.15) is 0 Å². The quantitative estimate of drug-likeness (QED) is 0.611. The summed E-state index contributed by atoms with van der Waals surface area (Å²) in [4.78, 5) is 29.5. The van der Waals surface area contributed by atoms with Gasteiger partial charge in [-0.05, 0) is 60.0 Å². The van der Waals surface area contributed by atoms with E-state index < -0.39 is 22.1 Å². The number of pyridine rings is 1. The number of nitrogens with zero attached hydrogens (tertiary/aromatic N) is 1. The standard InChI is InChI=1S/C22H17ClFN3O3S/c23-17-9-14(1-3-18(17)24)10-20-21(28)16-11-15(2-4-19(16)27-31(20)30)22(29)26-12-13-5-7-25-8-6-13/h1-9,11,20,27H,10,12H2,(H,26,29). The van der Waals surface area contributed by atoms with E-state index in [2.05, 4.69) is 15.0 Å². The molecule has 3 aromatic rings. The predicted molar refractivity (Wildman–Crippen MR) is 117 cm³/mol. The summed E-state index contributed by atoms with van der Waals surface area (Å²) in [6, 6.07) is 12.3. The number of Topliss-reactive ketones (excluding diaryl/α,β-unsaturated/α-hetero) is 1. The first kappa shape index (κ1) is 21.1. The van der Waals surface area contributed by atoms with Crippen molar-refractivity contribution in [1.82, 2.24) is 10.3 Å². The van der Waals surface area contributed by atoms with Crippen LogP contribution in [0.4, 0.5) is 10.1 Å². The van der Waals surface area contributed by atoms with Crippen molar-refractivity contribution in [2.75, 3.05) is 4.72 Å². The topological polar surface area (TPSA) is 88.2 Å². The van der Waals surface area contributed by atoms with Gasteiger partial charge < -0.3 is 10.0 Å². The summed E-state index contributed by atoms with van der Waals surface area (Å²) < 4.78 is 28.8. The normalized spacial score (nSPS) is 17.5. The molecule has 6 nitrogen and oxygen atoms in total. The highest BCUT2D eigenvalue weighted by Gasteiger charge is 2.34. The van der Waals surface area contributed by atoms with Crippen LogP contribution in [-0.2, 0) is 24.0 Å². The molecule has 2 heterocycles. The summed E-state index contributed by atoms with van der Waals surface area (Å²) in [5.74, 6) is -1.25. The van der Waals surface area contributed by atoms with Crippen LogP contribution in [0.2, 0.25) is 5.02 Å². The van der Waals surface area contributed by atoms with E-state index in [4.69, 9.17) is 11.6 Å². The summed E-state index contributed by atoms with van der Waals surface area (Å²) in [6.45, 7) is 0.322. The van der Waals surface area contributed by atoms with E-state index in [9.17, 15) is 18.2 Å². The lowest BCUT2D eigenvalue weighted by molar-refractivity contribution is 0.0951. The van der Waals surface area contributed by atoms with Gasteiger partial charge >= 0.3 is 0 Å². The Bertz CT molecular complexity index is 1190. The van der Waals surface area contributed by atoms with Crippen molar-refractivity contribution in [2.24, 2.45) is 0 Å². The maximum Gasteiger partial charge on any atom is 0.251 e. The average Bonchev–Trinajstić information content (AvgIpc) is 2.78. The number of ketones is 1. The Kier molecular flexibility index (Phi) is 6.11. The molecule has 31 heavy (non-hydrogen) atoms. The summed E-state index contributed by atoms with van der Waals surface area (Å²) in [5, 5.41) is 1.85. The van der Waals surface area contributed by atoms with Crippen molar-refractivity contribution in [1.29, 1.82) is 0 Å². The van der Waals surface area contributed by atoms with Crippen LogP contribution < -0.4 is 10.0 Å². The van der Waals surface area contributed by atoms with Gasteiger partial charge in [-0.25, -0.2) is 8.60 Å². The lowest BCUT2D eigenvalue weighted by atomic mass is 9.98. The summed E-state index contributed by atoms with van der Waals surface area (Å²) in [7, 11) is -1.67. The molecule has 0 radical (unpaired) electrons. The van der Waals surface area contributed by atoms with Crippen LogP contribution in [0.3, 0.4) is 0 Å². The van der Waals surface area contributed by atoms with Crippen LogP contribution >= 0.6 is 11.6 Å². The number of halogens is 2. The van der Waals surface area contributed by atoms with Crippen LogP contribution in [0.1, 0.15) is 31.8 Å². The van der Waals surface area contributed by atoms with Gasteiger partial charge in [0.15, 0.2) is 5.78 Å². The summed E-state index contributed by atoms with van der Waals surface area (Å²) in [6.07, 6.45) is 3.40. The molecular formula is C22H17ClFN3O3S. The van der Waals surface area contributed by atoms with Gasteiger partial charge in [-0.1, -0.05) is 17.7 Å². The van der Waals surface area contributed by atoms with E-state index in [1.165, 1.54) is 24.3 Å². The number of anilines is 1. The van der Waals surface area contributed by atoms with Crippen LogP contribution in [0.25, 0.3) is 0 Å². The fourth-order valence-electron chi connectivity index (χ4n) is 3.26. The molecule has 2 aromatic carbocycles. The minimum atomic E-state index is -1.67. The maximum absolute atomic E-state index is 13.4. The molecule has 0 saturated heterocycles. The number of hydrogen-bond acceptors (Lipinski definition) is 4. The van der Waals surface area contributed by atoms with Gasteiger partial charge in [0.2, 0.25) is 0 Å². The number of amides is 1. The molecule has 0 spiro atoms. The van der Waals surface area contributed by atoms with Gasteiger partial charge in [0.05, 0.1) is 10.7 Å². The Morgan fingerprint density at radius 1 is 1.13 bits per heavy atom. The van der Waals surface area contributed by atoms with Crippen molar-refractivity contribution in [2.45, 2.75) is 18.2 Å². The second-order valence-electron chi connectivity index (χ2n) is 7.00. The zero-order valence-corrected chi connectivity index (χ0v) is 17.7. The number of aromatic nitrogens is 1. The van der Waals surface area contributed by atoms with Gasteiger partial charge in [-0.3, -0.25) is 14.6 Å². The molecule has 2 N–H and O–H groups in total. The molecule has 158 valence electrons. The van der Waals surface area contributed by atoms with E-state index in [0.717, 1.165) is 5.56 Å². The van der Waals surface area contributed by atoms with Crippen molar-refractivity contribution in [3.8, 4) is 0 Å². The van der Waals surface area contributed by atoms with Crippen LogP contribution in [0, 0.1) is 5.82 Å². The number of hydrogen-bond donors (Lipinski definition) is 2. The third-order valence-corrected chi connectivity index (χ3v) is 6.52. The molecule has 1 aromatic heterocycles. The minimum absolute atomic E-state index is 0.0620. The molecular weight excluding hydrogens is 441 g/mol. The van der Waals surface area contributed by atoms with E-state index in [-0.39, 0.29) is 28.7 Å². The van der Waals surface area contributed by atoms with Gasteiger partial charge in [0.1, 0.15) is 22.1 Å². The SMILES string of the molecule is O=C(NCc1ccncc1)c1ccc2c(c1)C(=O)C(Cc1ccc(F)c(Cl)c1)S(=O)N2. The maximum atomic E-state index is 13.4. The van der Waals surface area contributed by atoms with E-state index in [1.807, 2.05) is 0 Å². The second-order valence-corrected chi connectivity index (χ2v) is 8.78. The van der Waals surface area contributed by atoms with Gasteiger partial charge in [0, 0.05) is 30.1 Å². The first-order valence-electron chi connectivity index (χ1n) is 9.39. The first-order valence-corrected chi connectivity index (χ1v) is 11.0. The summed E-state index contributed by atoms with van der Waals surface area (Å²) >= 11 is 5.82. The molecule has 1 aliphatic heterocycles. The van der Waals surface area contributed by atoms with Crippen molar-refractivity contribution in [3.63, 3.8) is 0 Å². The number of nitrogens with one attached hydrogen (secondary N) is 2. The third-order valence-electron chi connectivity index (χ3n) is 4.92. The number of carbonyl (C=O) groups excluding carboxylic acids is 2. The molecule has 0 bridgehead atoms. The Morgan fingerprint density at radius 3 is 2.65 bits per heavy atom. The molecule has 0 saturated carbocycles. The molecule has 1 aliphatic rings. The highest BCUT2D eigenvalue weighted by atomic mass is 35.5. The first-order chi connectivity index (χ1) is 14.9. The lowest BCUT2D eigenvalue weighted by Gasteiger charge is -2.24. The Hall–Kier alpha value is -3.10. The van der Waals surface area contributed by atoms with Crippen LogP contribution in [0.15, 0.2) is 60.9 Å². The Balaban J connectivity index is 1.53. The lowest BCUT2D eigenvalue weighted by Crippen LogP contribution is -2.37. The summed E-state index contributed by atoms with van der Waals surface area (Å²) in [5.41, 5.74) is 2.50.